The normalized spacial score (nSPS) is 20.4. The summed E-state index contributed by atoms with van der Waals surface area (Å²) in [5, 5.41) is 0. The molecular formula is C10H16. The first kappa shape index (κ1) is 7.59. The lowest BCUT2D eigenvalue weighted by atomic mass is 9.94. The van der Waals surface area contributed by atoms with Gasteiger partial charge in [-0.2, -0.15) is 0 Å². The van der Waals surface area contributed by atoms with Crippen molar-refractivity contribution in [1.82, 2.24) is 0 Å². The van der Waals surface area contributed by atoms with Crippen molar-refractivity contribution < 1.29 is 0 Å². The Bertz CT molecular complexity index is 151. The Morgan fingerprint density at radius 3 is 2.80 bits per heavy atom. The van der Waals surface area contributed by atoms with E-state index in [2.05, 4.69) is 32.1 Å². The van der Waals surface area contributed by atoms with Crippen LogP contribution in [-0.2, 0) is 0 Å². The van der Waals surface area contributed by atoms with Crippen LogP contribution in [0.5, 0.6) is 0 Å². The molecule has 0 aromatic carbocycles. The fourth-order valence-electron chi connectivity index (χ4n) is 1.23. The molecule has 0 aliphatic heterocycles. The SMILES string of the molecule is CC[C@@H](C)C1=CCCC=C1. The van der Waals surface area contributed by atoms with E-state index in [0.717, 1.165) is 5.92 Å². The highest BCUT2D eigenvalue weighted by molar-refractivity contribution is 5.23. The first-order valence-electron chi connectivity index (χ1n) is 4.21. The minimum Gasteiger partial charge on any atom is -0.0840 e. The van der Waals surface area contributed by atoms with Gasteiger partial charge in [-0.3, -0.25) is 0 Å². The zero-order chi connectivity index (χ0) is 7.40. The molecular weight excluding hydrogens is 120 g/mol. The summed E-state index contributed by atoms with van der Waals surface area (Å²) in [6, 6.07) is 0. The molecule has 0 N–H and O–H groups in total. The summed E-state index contributed by atoms with van der Waals surface area (Å²) in [7, 11) is 0. The maximum Gasteiger partial charge on any atom is -0.0196 e. The van der Waals surface area contributed by atoms with Gasteiger partial charge in [0.25, 0.3) is 0 Å². The molecule has 0 saturated heterocycles. The van der Waals surface area contributed by atoms with E-state index in [1.54, 1.807) is 0 Å². The van der Waals surface area contributed by atoms with Crippen LogP contribution < -0.4 is 0 Å². The van der Waals surface area contributed by atoms with Crippen molar-refractivity contribution >= 4 is 0 Å². The van der Waals surface area contributed by atoms with Crippen LogP contribution in [0.25, 0.3) is 0 Å². The Morgan fingerprint density at radius 1 is 1.50 bits per heavy atom. The number of rotatable bonds is 2. The monoisotopic (exact) mass is 136 g/mol. The Hall–Kier alpha value is -0.520. The first-order valence-corrected chi connectivity index (χ1v) is 4.21. The summed E-state index contributed by atoms with van der Waals surface area (Å²) in [6.07, 6.45) is 10.7. The number of allylic oxidation sites excluding steroid dienone is 4. The standard InChI is InChI=1S/C10H16/c1-3-9(2)10-7-5-4-6-8-10/h5,7-9H,3-4,6H2,1-2H3/t9-/m1/s1. The van der Waals surface area contributed by atoms with Crippen LogP contribution >= 0.6 is 0 Å². The molecule has 10 heavy (non-hydrogen) atoms. The second-order valence-electron chi connectivity index (χ2n) is 2.99. The van der Waals surface area contributed by atoms with E-state index in [-0.39, 0.29) is 0 Å². The molecule has 1 aliphatic carbocycles. The van der Waals surface area contributed by atoms with Crippen LogP contribution in [0, 0.1) is 5.92 Å². The third-order valence-electron chi connectivity index (χ3n) is 2.21. The highest BCUT2D eigenvalue weighted by atomic mass is 14.1. The van der Waals surface area contributed by atoms with E-state index < -0.39 is 0 Å². The molecule has 1 atom stereocenters. The first-order chi connectivity index (χ1) is 4.84. The van der Waals surface area contributed by atoms with Crippen molar-refractivity contribution in [2.45, 2.75) is 33.1 Å². The Labute approximate surface area is 63.6 Å². The molecule has 0 radical (unpaired) electrons. The van der Waals surface area contributed by atoms with Gasteiger partial charge in [0.1, 0.15) is 0 Å². The summed E-state index contributed by atoms with van der Waals surface area (Å²) in [5.74, 6) is 0.761. The maximum absolute atomic E-state index is 2.37. The topological polar surface area (TPSA) is 0 Å². The average molecular weight is 136 g/mol. The fourth-order valence-corrected chi connectivity index (χ4v) is 1.23. The third-order valence-corrected chi connectivity index (χ3v) is 2.21. The van der Waals surface area contributed by atoms with Crippen molar-refractivity contribution in [3.05, 3.63) is 23.8 Å². The van der Waals surface area contributed by atoms with Gasteiger partial charge in [0.15, 0.2) is 0 Å². The molecule has 0 unspecified atom stereocenters. The molecule has 0 heterocycles. The van der Waals surface area contributed by atoms with Crippen molar-refractivity contribution in [3.8, 4) is 0 Å². The molecule has 0 saturated carbocycles. The van der Waals surface area contributed by atoms with Gasteiger partial charge >= 0.3 is 0 Å². The zero-order valence-corrected chi connectivity index (χ0v) is 6.93. The van der Waals surface area contributed by atoms with Crippen molar-refractivity contribution in [3.63, 3.8) is 0 Å². The van der Waals surface area contributed by atoms with Crippen LogP contribution in [0.4, 0.5) is 0 Å². The van der Waals surface area contributed by atoms with Gasteiger partial charge in [0, 0.05) is 0 Å². The van der Waals surface area contributed by atoms with E-state index in [0.29, 0.717) is 0 Å². The summed E-state index contributed by atoms with van der Waals surface area (Å²) < 4.78 is 0. The van der Waals surface area contributed by atoms with Gasteiger partial charge < -0.3 is 0 Å². The highest BCUT2D eigenvalue weighted by Crippen LogP contribution is 2.20. The highest BCUT2D eigenvalue weighted by Gasteiger charge is 2.03. The van der Waals surface area contributed by atoms with Crippen molar-refractivity contribution in [1.29, 1.82) is 0 Å². The molecule has 0 amide bonds. The predicted octanol–water partition coefficient (Wildman–Crippen LogP) is 3.31. The molecule has 1 aliphatic rings. The van der Waals surface area contributed by atoms with Gasteiger partial charge in [-0.15, -0.1) is 0 Å². The Balaban J connectivity index is 2.54. The van der Waals surface area contributed by atoms with E-state index in [4.69, 9.17) is 0 Å². The minimum atomic E-state index is 0.761. The fraction of sp³-hybridized carbons (Fsp3) is 0.600. The Morgan fingerprint density at radius 2 is 2.30 bits per heavy atom. The zero-order valence-electron chi connectivity index (χ0n) is 6.93. The van der Waals surface area contributed by atoms with E-state index in [9.17, 15) is 0 Å². The molecule has 0 fully saturated rings. The largest absolute Gasteiger partial charge is 0.0840 e. The van der Waals surface area contributed by atoms with Crippen LogP contribution in [0.3, 0.4) is 0 Å². The predicted molar refractivity (Wildman–Crippen MR) is 45.9 cm³/mol. The summed E-state index contributed by atoms with van der Waals surface area (Å²) >= 11 is 0. The van der Waals surface area contributed by atoms with E-state index in [1.807, 2.05) is 0 Å². The number of hydrogen-bond acceptors (Lipinski definition) is 0. The molecule has 0 aromatic rings. The maximum atomic E-state index is 2.37. The lowest BCUT2D eigenvalue weighted by Gasteiger charge is -2.12. The Kier molecular flexibility index (Phi) is 2.73. The molecule has 0 spiro atoms. The molecule has 0 heteroatoms. The number of hydrogen-bond donors (Lipinski definition) is 0. The summed E-state index contributed by atoms with van der Waals surface area (Å²) in [4.78, 5) is 0. The molecule has 1 rings (SSSR count). The van der Waals surface area contributed by atoms with E-state index in [1.165, 1.54) is 24.8 Å². The lowest BCUT2D eigenvalue weighted by Crippen LogP contribution is -1.96. The van der Waals surface area contributed by atoms with Crippen LogP contribution in [0.2, 0.25) is 0 Å². The minimum absolute atomic E-state index is 0.761. The molecule has 0 nitrogen and oxygen atoms in total. The van der Waals surface area contributed by atoms with Crippen molar-refractivity contribution in [2.24, 2.45) is 5.92 Å². The van der Waals surface area contributed by atoms with E-state index >= 15 is 0 Å². The van der Waals surface area contributed by atoms with Crippen LogP contribution in [0.1, 0.15) is 33.1 Å². The third kappa shape index (κ3) is 1.73. The lowest BCUT2D eigenvalue weighted by molar-refractivity contribution is 0.662. The molecule has 56 valence electrons. The van der Waals surface area contributed by atoms with Crippen molar-refractivity contribution in [2.75, 3.05) is 0 Å². The van der Waals surface area contributed by atoms with Gasteiger partial charge in [0.05, 0.1) is 0 Å². The average Bonchev–Trinajstić information content (AvgIpc) is 2.05. The van der Waals surface area contributed by atoms with Gasteiger partial charge in [-0.1, -0.05) is 32.1 Å². The second kappa shape index (κ2) is 3.60. The summed E-state index contributed by atoms with van der Waals surface area (Å²) in [6.45, 7) is 4.54. The van der Waals surface area contributed by atoms with Gasteiger partial charge in [-0.25, -0.2) is 0 Å². The van der Waals surface area contributed by atoms with Crippen LogP contribution in [-0.4, -0.2) is 0 Å². The van der Waals surface area contributed by atoms with Gasteiger partial charge in [-0.05, 0) is 30.8 Å². The second-order valence-corrected chi connectivity index (χ2v) is 2.99. The molecule has 0 bridgehead atoms. The van der Waals surface area contributed by atoms with Crippen LogP contribution in [0.15, 0.2) is 23.8 Å². The molecule has 0 aromatic heterocycles. The quantitative estimate of drug-likeness (QED) is 0.546. The van der Waals surface area contributed by atoms with Gasteiger partial charge in [0.2, 0.25) is 0 Å². The summed E-state index contributed by atoms with van der Waals surface area (Å²) in [5.41, 5.74) is 1.54. The smallest absolute Gasteiger partial charge is 0.0196 e.